The molecule has 6 nitrogen and oxygen atoms in total. The zero-order valence-electron chi connectivity index (χ0n) is 11.2. The number of hydrogen-bond acceptors (Lipinski definition) is 6. The van der Waals surface area contributed by atoms with Crippen LogP contribution in [0.5, 0.6) is 0 Å². The molecule has 4 N–H and O–H groups in total. The normalized spacial score (nSPS) is 14.1. The molecule has 102 valence electrons. The van der Waals surface area contributed by atoms with Crippen molar-refractivity contribution in [3.8, 4) is 0 Å². The minimum absolute atomic E-state index is 0.229. The predicted octanol–water partition coefficient (Wildman–Crippen LogP) is 0.762. The molecule has 0 aliphatic rings. The molecule has 6 heteroatoms. The standard InChI is InChI=1S/C12H22N4O2/c1-4-5-13-11-15-9(2)6-10(16-11)14-7-12(3,18)8-17/h6,17-18H,4-5,7-8H2,1-3H3,(H2,13,14,15,16). The van der Waals surface area contributed by atoms with Crippen LogP contribution in [0.2, 0.25) is 0 Å². The molecule has 0 amide bonds. The van der Waals surface area contributed by atoms with E-state index in [1.807, 2.05) is 6.92 Å². The molecule has 0 bridgehead atoms. The van der Waals surface area contributed by atoms with Gasteiger partial charge in [-0.2, -0.15) is 4.98 Å². The minimum Gasteiger partial charge on any atom is -0.393 e. The maximum atomic E-state index is 9.69. The Morgan fingerprint density at radius 3 is 2.67 bits per heavy atom. The Hall–Kier alpha value is -1.40. The molecular formula is C12H22N4O2. The molecule has 1 atom stereocenters. The van der Waals surface area contributed by atoms with Crippen LogP contribution in [0.1, 0.15) is 26.0 Å². The van der Waals surface area contributed by atoms with Gasteiger partial charge in [-0.25, -0.2) is 4.98 Å². The molecule has 0 fully saturated rings. The third-order valence-corrected chi connectivity index (χ3v) is 2.38. The quantitative estimate of drug-likeness (QED) is 0.574. The maximum absolute atomic E-state index is 9.69. The van der Waals surface area contributed by atoms with E-state index in [1.165, 1.54) is 0 Å². The van der Waals surface area contributed by atoms with Gasteiger partial charge in [0.15, 0.2) is 0 Å². The van der Waals surface area contributed by atoms with Gasteiger partial charge in [0, 0.05) is 24.8 Å². The topological polar surface area (TPSA) is 90.3 Å². The molecule has 0 aromatic carbocycles. The van der Waals surface area contributed by atoms with Gasteiger partial charge in [-0.15, -0.1) is 0 Å². The van der Waals surface area contributed by atoms with Crippen LogP contribution >= 0.6 is 0 Å². The average molecular weight is 254 g/mol. The van der Waals surface area contributed by atoms with Gasteiger partial charge in [0.2, 0.25) is 5.95 Å². The van der Waals surface area contributed by atoms with Crippen LogP contribution in [0.4, 0.5) is 11.8 Å². The minimum atomic E-state index is -1.16. The number of aromatic nitrogens is 2. The fourth-order valence-electron chi connectivity index (χ4n) is 1.31. The molecule has 18 heavy (non-hydrogen) atoms. The molecule has 1 unspecified atom stereocenters. The molecule has 0 aliphatic carbocycles. The molecule has 0 aliphatic heterocycles. The van der Waals surface area contributed by atoms with Crippen LogP contribution in [0.15, 0.2) is 6.07 Å². The molecule has 1 heterocycles. The van der Waals surface area contributed by atoms with Crippen molar-refractivity contribution in [2.45, 2.75) is 32.8 Å². The van der Waals surface area contributed by atoms with Crippen molar-refractivity contribution in [3.63, 3.8) is 0 Å². The number of nitrogens with zero attached hydrogens (tertiary/aromatic N) is 2. The van der Waals surface area contributed by atoms with Crippen molar-refractivity contribution >= 4 is 11.8 Å². The molecule has 1 rings (SSSR count). The fraction of sp³-hybridized carbons (Fsp3) is 0.667. The largest absolute Gasteiger partial charge is 0.393 e. The molecular weight excluding hydrogens is 232 g/mol. The monoisotopic (exact) mass is 254 g/mol. The molecule has 0 spiro atoms. The zero-order chi connectivity index (χ0) is 13.6. The lowest BCUT2D eigenvalue weighted by molar-refractivity contribution is 0.0131. The van der Waals surface area contributed by atoms with E-state index in [0.29, 0.717) is 11.8 Å². The van der Waals surface area contributed by atoms with E-state index in [9.17, 15) is 5.11 Å². The van der Waals surface area contributed by atoms with Gasteiger partial charge in [0.05, 0.1) is 6.61 Å². The van der Waals surface area contributed by atoms with Crippen molar-refractivity contribution in [2.75, 3.05) is 30.3 Å². The van der Waals surface area contributed by atoms with E-state index >= 15 is 0 Å². The highest BCUT2D eigenvalue weighted by atomic mass is 16.3. The Balaban J connectivity index is 2.68. The number of nitrogens with one attached hydrogen (secondary N) is 2. The second-order valence-electron chi connectivity index (χ2n) is 4.65. The Morgan fingerprint density at radius 1 is 1.33 bits per heavy atom. The number of aryl methyl sites for hydroxylation is 1. The van der Waals surface area contributed by atoms with Gasteiger partial charge in [-0.3, -0.25) is 0 Å². The van der Waals surface area contributed by atoms with E-state index in [2.05, 4.69) is 27.5 Å². The molecule has 1 aromatic heterocycles. The lowest BCUT2D eigenvalue weighted by atomic mass is 10.1. The summed E-state index contributed by atoms with van der Waals surface area (Å²) in [5.41, 5.74) is -0.315. The predicted molar refractivity (Wildman–Crippen MR) is 71.7 cm³/mol. The SMILES string of the molecule is CCCNc1nc(C)cc(NCC(C)(O)CO)n1. The summed E-state index contributed by atoms with van der Waals surface area (Å²) in [6.07, 6.45) is 0.999. The average Bonchev–Trinajstić information content (AvgIpc) is 2.33. The third kappa shape index (κ3) is 4.85. The van der Waals surface area contributed by atoms with Crippen LogP contribution in [-0.2, 0) is 0 Å². The highest BCUT2D eigenvalue weighted by Gasteiger charge is 2.18. The molecule has 0 radical (unpaired) electrons. The zero-order valence-corrected chi connectivity index (χ0v) is 11.2. The Labute approximate surface area is 107 Å². The molecule has 1 aromatic rings. The summed E-state index contributed by atoms with van der Waals surface area (Å²) >= 11 is 0. The maximum Gasteiger partial charge on any atom is 0.224 e. The lowest BCUT2D eigenvalue weighted by Crippen LogP contribution is -2.37. The highest BCUT2D eigenvalue weighted by molar-refractivity contribution is 5.42. The Kier molecular flexibility index (Phi) is 5.30. The van der Waals surface area contributed by atoms with Gasteiger partial charge >= 0.3 is 0 Å². The van der Waals surface area contributed by atoms with Gasteiger partial charge < -0.3 is 20.8 Å². The van der Waals surface area contributed by atoms with Crippen molar-refractivity contribution in [1.29, 1.82) is 0 Å². The van der Waals surface area contributed by atoms with Crippen molar-refractivity contribution in [3.05, 3.63) is 11.8 Å². The van der Waals surface area contributed by atoms with Crippen LogP contribution in [0.25, 0.3) is 0 Å². The first-order chi connectivity index (χ1) is 8.46. The summed E-state index contributed by atoms with van der Waals surface area (Å²) in [5.74, 6) is 1.21. The summed E-state index contributed by atoms with van der Waals surface area (Å²) in [6, 6.07) is 1.80. The van der Waals surface area contributed by atoms with Gasteiger partial charge in [0.25, 0.3) is 0 Å². The number of anilines is 2. The Bertz CT molecular complexity index is 382. The summed E-state index contributed by atoms with van der Waals surface area (Å²) < 4.78 is 0. The highest BCUT2D eigenvalue weighted by Crippen LogP contribution is 2.11. The van der Waals surface area contributed by atoms with E-state index in [-0.39, 0.29) is 13.2 Å². The second kappa shape index (κ2) is 6.51. The fourth-order valence-corrected chi connectivity index (χ4v) is 1.31. The molecule has 0 saturated heterocycles. The van der Waals surface area contributed by atoms with Crippen molar-refractivity contribution in [2.24, 2.45) is 0 Å². The smallest absolute Gasteiger partial charge is 0.224 e. The number of rotatable bonds is 7. The summed E-state index contributed by atoms with van der Waals surface area (Å²) in [7, 11) is 0. The van der Waals surface area contributed by atoms with Gasteiger partial charge in [-0.1, -0.05) is 6.92 Å². The van der Waals surface area contributed by atoms with Gasteiger partial charge in [0.1, 0.15) is 11.4 Å². The summed E-state index contributed by atoms with van der Waals surface area (Å²) in [6.45, 7) is 6.26. The Morgan fingerprint density at radius 2 is 2.06 bits per heavy atom. The van der Waals surface area contributed by atoms with Crippen molar-refractivity contribution < 1.29 is 10.2 Å². The summed E-state index contributed by atoms with van der Waals surface area (Å²) in [4.78, 5) is 8.54. The van der Waals surface area contributed by atoms with Crippen LogP contribution in [0, 0.1) is 6.92 Å². The first kappa shape index (κ1) is 14.7. The lowest BCUT2D eigenvalue weighted by Gasteiger charge is -2.21. The van der Waals surface area contributed by atoms with Crippen molar-refractivity contribution in [1.82, 2.24) is 9.97 Å². The van der Waals surface area contributed by atoms with Crippen LogP contribution < -0.4 is 10.6 Å². The van der Waals surface area contributed by atoms with Crippen LogP contribution in [0.3, 0.4) is 0 Å². The summed E-state index contributed by atoms with van der Waals surface area (Å²) in [5, 5.41) is 24.8. The third-order valence-electron chi connectivity index (χ3n) is 2.38. The first-order valence-electron chi connectivity index (χ1n) is 6.13. The van der Waals surface area contributed by atoms with E-state index in [1.54, 1.807) is 13.0 Å². The molecule has 0 saturated carbocycles. The number of aliphatic hydroxyl groups excluding tert-OH is 1. The van der Waals surface area contributed by atoms with E-state index in [0.717, 1.165) is 18.7 Å². The first-order valence-corrected chi connectivity index (χ1v) is 6.13. The van der Waals surface area contributed by atoms with Gasteiger partial charge in [-0.05, 0) is 20.3 Å². The van der Waals surface area contributed by atoms with E-state index in [4.69, 9.17) is 5.11 Å². The second-order valence-corrected chi connectivity index (χ2v) is 4.65. The van der Waals surface area contributed by atoms with E-state index < -0.39 is 5.60 Å². The number of aliphatic hydroxyl groups is 2. The number of hydrogen-bond donors (Lipinski definition) is 4. The van der Waals surface area contributed by atoms with Crippen LogP contribution in [-0.4, -0.2) is 45.5 Å².